The Kier molecular flexibility index (Phi) is 6.83. The predicted octanol–water partition coefficient (Wildman–Crippen LogP) is 3.19. The summed E-state index contributed by atoms with van der Waals surface area (Å²) in [5, 5.41) is 0. The van der Waals surface area contributed by atoms with Gasteiger partial charge in [0.05, 0.1) is 12.6 Å². The molecule has 0 aliphatic carbocycles. The molecule has 2 saturated heterocycles. The molecule has 2 fully saturated rings. The minimum Gasteiger partial charge on any atom is -0.447 e. The van der Waals surface area contributed by atoms with Crippen molar-refractivity contribution >= 4 is 23.5 Å². The smallest absolute Gasteiger partial charge is 0.414 e. The monoisotopic (exact) mass is 452 g/mol. The van der Waals surface area contributed by atoms with Crippen LogP contribution in [0.5, 0.6) is 0 Å². The number of hydrogen-bond donors (Lipinski definition) is 0. The Morgan fingerprint density at radius 2 is 1.91 bits per heavy atom. The van der Waals surface area contributed by atoms with Crippen LogP contribution >= 0.6 is 0 Å². The molecule has 1 aromatic heterocycles. The average molecular weight is 453 g/mol. The molecule has 0 saturated carbocycles. The van der Waals surface area contributed by atoms with E-state index in [9.17, 15) is 9.59 Å². The second-order valence-electron chi connectivity index (χ2n) is 8.67. The first-order chi connectivity index (χ1) is 15.9. The van der Waals surface area contributed by atoms with Crippen LogP contribution in [0.2, 0.25) is 0 Å². The van der Waals surface area contributed by atoms with Crippen LogP contribution in [-0.2, 0) is 15.9 Å². The van der Waals surface area contributed by atoms with Gasteiger partial charge in [0.2, 0.25) is 0 Å². The van der Waals surface area contributed by atoms with Crippen molar-refractivity contribution in [1.82, 2.24) is 9.88 Å². The first-order valence-corrected chi connectivity index (χ1v) is 11.5. The molecule has 8 nitrogen and oxygen atoms in total. The van der Waals surface area contributed by atoms with Crippen molar-refractivity contribution in [3.05, 3.63) is 52.7 Å². The summed E-state index contributed by atoms with van der Waals surface area (Å²) in [6, 6.07) is 7.53. The zero-order valence-corrected chi connectivity index (χ0v) is 19.8. The number of benzene rings is 1. The predicted molar refractivity (Wildman–Crippen MR) is 127 cm³/mol. The van der Waals surface area contributed by atoms with Crippen LogP contribution in [0.1, 0.15) is 34.0 Å². The van der Waals surface area contributed by atoms with E-state index in [0.29, 0.717) is 31.9 Å². The molecule has 1 atom stereocenters. The maximum atomic E-state index is 13.2. The third-order valence-corrected chi connectivity index (χ3v) is 6.42. The minimum atomic E-state index is -0.387. The van der Waals surface area contributed by atoms with Gasteiger partial charge in [0.15, 0.2) is 0 Å². The van der Waals surface area contributed by atoms with Crippen molar-refractivity contribution in [2.24, 2.45) is 0 Å². The number of amides is 2. The van der Waals surface area contributed by atoms with Crippen LogP contribution in [0.25, 0.3) is 0 Å². The van der Waals surface area contributed by atoms with E-state index in [0.717, 1.165) is 36.6 Å². The number of methoxy groups -OCH3 is 1. The van der Waals surface area contributed by atoms with Gasteiger partial charge in [0.25, 0.3) is 5.91 Å². The number of aryl methyl sites for hydroxylation is 3. The van der Waals surface area contributed by atoms with Gasteiger partial charge in [-0.2, -0.15) is 0 Å². The number of hydrogen-bond acceptors (Lipinski definition) is 6. The summed E-state index contributed by atoms with van der Waals surface area (Å²) < 4.78 is 10.4. The van der Waals surface area contributed by atoms with Gasteiger partial charge in [-0.05, 0) is 55.2 Å². The first-order valence-electron chi connectivity index (χ1n) is 11.5. The van der Waals surface area contributed by atoms with Gasteiger partial charge in [0, 0.05) is 50.7 Å². The maximum Gasteiger partial charge on any atom is 0.414 e. The number of aromatic nitrogens is 1. The highest BCUT2D eigenvalue weighted by Gasteiger charge is 2.34. The minimum absolute atomic E-state index is 0.0159. The van der Waals surface area contributed by atoms with Crippen molar-refractivity contribution in [3.8, 4) is 0 Å². The molecule has 176 valence electrons. The van der Waals surface area contributed by atoms with Crippen molar-refractivity contribution in [1.29, 1.82) is 0 Å². The second kappa shape index (κ2) is 9.79. The molecule has 33 heavy (non-hydrogen) atoms. The Bertz CT molecular complexity index is 1030. The van der Waals surface area contributed by atoms with E-state index >= 15 is 0 Å². The fraction of sp³-hybridized carbons (Fsp3) is 0.480. The number of anilines is 2. The number of pyridine rings is 1. The number of nitrogens with zero attached hydrogens (tertiary/aromatic N) is 4. The third-order valence-electron chi connectivity index (χ3n) is 6.42. The summed E-state index contributed by atoms with van der Waals surface area (Å²) in [7, 11) is 1.60. The Morgan fingerprint density at radius 1 is 1.15 bits per heavy atom. The summed E-state index contributed by atoms with van der Waals surface area (Å²) in [5.74, 6) is 1.02. The molecule has 1 unspecified atom stereocenters. The molecule has 0 bridgehead atoms. The quantitative estimate of drug-likeness (QED) is 0.670. The fourth-order valence-corrected chi connectivity index (χ4v) is 4.57. The van der Waals surface area contributed by atoms with Crippen LogP contribution < -0.4 is 9.80 Å². The molecular formula is C25H32N4O4. The summed E-state index contributed by atoms with van der Waals surface area (Å²) >= 11 is 0. The van der Waals surface area contributed by atoms with E-state index in [2.05, 4.69) is 29.8 Å². The molecular weight excluding hydrogens is 420 g/mol. The number of piperazine rings is 1. The van der Waals surface area contributed by atoms with Crippen LogP contribution in [0.15, 0.2) is 30.5 Å². The standard InChI is InChI=1S/C25H32N4O4/c1-5-19-12-18(3)23(26-14-19)27-8-10-28(11-9-27)24(30)22-7-6-20(13-17(22)2)29-21(15-32-4)16-33-25(29)31/h6-7,12-14,21H,5,8-11,15-16H2,1-4H3. The van der Waals surface area contributed by atoms with Crippen molar-refractivity contribution in [3.63, 3.8) is 0 Å². The largest absolute Gasteiger partial charge is 0.447 e. The zero-order valence-electron chi connectivity index (χ0n) is 19.8. The zero-order chi connectivity index (χ0) is 23.5. The Hall–Kier alpha value is -3.13. The highest BCUT2D eigenvalue weighted by Crippen LogP contribution is 2.27. The topological polar surface area (TPSA) is 75.2 Å². The summed E-state index contributed by atoms with van der Waals surface area (Å²) in [6.45, 7) is 9.61. The lowest BCUT2D eigenvalue weighted by atomic mass is 10.0. The lowest BCUT2D eigenvalue weighted by Crippen LogP contribution is -2.49. The lowest BCUT2D eigenvalue weighted by molar-refractivity contribution is 0.0745. The molecule has 8 heteroatoms. The summed E-state index contributed by atoms with van der Waals surface area (Å²) in [6.07, 6.45) is 2.53. The maximum absolute atomic E-state index is 13.2. The van der Waals surface area contributed by atoms with Gasteiger partial charge in [-0.3, -0.25) is 9.69 Å². The van der Waals surface area contributed by atoms with Crippen molar-refractivity contribution in [2.45, 2.75) is 33.2 Å². The van der Waals surface area contributed by atoms with E-state index in [1.807, 2.05) is 36.2 Å². The number of rotatable bonds is 6. The van der Waals surface area contributed by atoms with Gasteiger partial charge < -0.3 is 19.3 Å². The summed E-state index contributed by atoms with van der Waals surface area (Å²) in [5.41, 5.74) is 4.62. The number of carbonyl (C=O) groups excluding carboxylic acids is 2. The molecule has 1 aromatic carbocycles. The molecule has 2 amide bonds. The van der Waals surface area contributed by atoms with Gasteiger partial charge in [-0.15, -0.1) is 0 Å². The first kappa shape index (κ1) is 23.0. The normalized spacial score (nSPS) is 18.6. The Morgan fingerprint density at radius 3 is 2.55 bits per heavy atom. The van der Waals surface area contributed by atoms with E-state index in [1.54, 1.807) is 12.0 Å². The van der Waals surface area contributed by atoms with Crippen LogP contribution in [0.4, 0.5) is 16.3 Å². The highest BCUT2D eigenvalue weighted by atomic mass is 16.6. The molecule has 0 spiro atoms. The molecule has 3 heterocycles. The van der Waals surface area contributed by atoms with Crippen LogP contribution in [0, 0.1) is 13.8 Å². The fourth-order valence-electron chi connectivity index (χ4n) is 4.57. The second-order valence-corrected chi connectivity index (χ2v) is 8.67. The molecule has 4 rings (SSSR count). The van der Waals surface area contributed by atoms with Gasteiger partial charge in [-0.25, -0.2) is 9.78 Å². The van der Waals surface area contributed by atoms with E-state index in [-0.39, 0.29) is 18.0 Å². The van der Waals surface area contributed by atoms with E-state index < -0.39 is 0 Å². The summed E-state index contributed by atoms with van der Waals surface area (Å²) in [4.78, 5) is 35.9. The lowest BCUT2D eigenvalue weighted by Gasteiger charge is -2.36. The molecule has 2 aliphatic rings. The Labute approximate surface area is 195 Å². The van der Waals surface area contributed by atoms with Gasteiger partial charge in [0.1, 0.15) is 12.4 Å². The van der Waals surface area contributed by atoms with Crippen molar-refractivity contribution < 1.29 is 19.1 Å². The molecule has 2 aliphatic heterocycles. The molecule has 2 aromatic rings. The highest BCUT2D eigenvalue weighted by molar-refractivity contribution is 5.97. The van der Waals surface area contributed by atoms with Gasteiger partial charge >= 0.3 is 6.09 Å². The SMILES string of the molecule is CCc1cnc(N2CCN(C(=O)c3ccc(N4C(=O)OCC4COC)cc3C)CC2)c(C)c1. The van der Waals surface area contributed by atoms with E-state index in [4.69, 9.17) is 9.47 Å². The van der Waals surface area contributed by atoms with Crippen molar-refractivity contribution in [2.75, 3.05) is 56.3 Å². The Balaban J connectivity index is 1.43. The van der Waals surface area contributed by atoms with Crippen LogP contribution in [0.3, 0.4) is 0 Å². The average Bonchev–Trinajstić information content (AvgIpc) is 3.18. The third kappa shape index (κ3) is 4.66. The van der Waals surface area contributed by atoms with Crippen LogP contribution in [-0.4, -0.2) is 74.4 Å². The molecule has 0 N–H and O–H groups in total. The van der Waals surface area contributed by atoms with Gasteiger partial charge in [-0.1, -0.05) is 13.0 Å². The molecule has 0 radical (unpaired) electrons. The van der Waals surface area contributed by atoms with E-state index in [1.165, 1.54) is 11.1 Å². The number of ether oxygens (including phenoxy) is 2. The number of cyclic esters (lactones) is 1. The number of carbonyl (C=O) groups is 2.